The van der Waals surface area contributed by atoms with Gasteiger partial charge in [0, 0.05) is 17.3 Å². The highest BCUT2D eigenvalue weighted by Crippen LogP contribution is 2.28. The van der Waals surface area contributed by atoms with Crippen molar-refractivity contribution in [3.63, 3.8) is 0 Å². The molecule has 0 aliphatic heterocycles. The van der Waals surface area contributed by atoms with Crippen LogP contribution in [0.2, 0.25) is 5.02 Å². The summed E-state index contributed by atoms with van der Waals surface area (Å²) in [5.41, 5.74) is 8.22. The normalized spacial score (nSPS) is 12.4. The number of nitrogens with two attached hydrogens (primary N) is 1. The van der Waals surface area contributed by atoms with Crippen molar-refractivity contribution in [2.45, 2.75) is 10.6 Å². The lowest BCUT2D eigenvalue weighted by Crippen LogP contribution is -2.02. The van der Waals surface area contributed by atoms with Crippen molar-refractivity contribution < 1.29 is 4.21 Å². The highest BCUT2D eigenvalue weighted by molar-refractivity contribution is 7.84. The van der Waals surface area contributed by atoms with E-state index in [1.54, 1.807) is 24.4 Å². The fourth-order valence-electron chi connectivity index (χ4n) is 2.26. The van der Waals surface area contributed by atoms with E-state index in [2.05, 4.69) is 4.98 Å². The minimum Gasteiger partial charge on any atom is -0.398 e. The number of anilines is 1. The van der Waals surface area contributed by atoms with Gasteiger partial charge in [-0.05, 0) is 29.8 Å². The van der Waals surface area contributed by atoms with E-state index in [4.69, 9.17) is 17.3 Å². The van der Waals surface area contributed by atoms with Crippen LogP contribution < -0.4 is 5.73 Å². The number of benzene rings is 2. The first-order valence-electron chi connectivity index (χ1n) is 6.42. The first-order valence-corrected chi connectivity index (χ1v) is 8.11. The maximum atomic E-state index is 12.6. The number of nitrogens with zero attached hydrogens (tertiary/aromatic N) is 1. The minimum atomic E-state index is -1.30. The molecule has 0 spiro atoms. The minimum absolute atomic E-state index is 0.358. The molecule has 3 nitrogen and oxygen atoms in total. The van der Waals surface area contributed by atoms with Gasteiger partial charge in [-0.3, -0.25) is 9.19 Å². The van der Waals surface area contributed by atoms with Crippen molar-refractivity contribution in [3.8, 4) is 0 Å². The molecule has 3 rings (SSSR count). The average molecular weight is 317 g/mol. The number of para-hydroxylation sites is 1. The van der Waals surface area contributed by atoms with Crippen LogP contribution in [-0.2, 0) is 16.6 Å². The number of halogens is 1. The zero-order chi connectivity index (χ0) is 14.8. The van der Waals surface area contributed by atoms with Crippen molar-refractivity contribution in [3.05, 3.63) is 65.3 Å². The fraction of sp³-hybridized carbons (Fsp3) is 0.0625. The van der Waals surface area contributed by atoms with Gasteiger partial charge >= 0.3 is 0 Å². The molecule has 0 radical (unpaired) electrons. The summed E-state index contributed by atoms with van der Waals surface area (Å²) in [6.45, 7) is 0. The number of fused-ring (bicyclic) bond motifs is 1. The number of aromatic nitrogens is 1. The molecule has 1 unspecified atom stereocenters. The van der Waals surface area contributed by atoms with E-state index in [0.717, 1.165) is 16.5 Å². The second-order valence-electron chi connectivity index (χ2n) is 4.64. The molecule has 5 heteroatoms. The molecule has 1 aromatic heterocycles. The van der Waals surface area contributed by atoms with Crippen molar-refractivity contribution in [2.24, 2.45) is 0 Å². The third-order valence-corrected chi connectivity index (χ3v) is 5.16. The molecule has 0 aliphatic carbocycles. The average Bonchev–Trinajstić information content (AvgIpc) is 2.47. The van der Waals surface area contributed by atoms with E-state index in [1.807, 2.05) is 30.3 Å². The van der Waals surface area contributed by atoms with Crippen LogP contribution in [0.15, 0.2) is 59.6 Å². The van der Waals surface area contributed by atoms with Gasteiger partial charge in [0.25, 0.3) is 0 Å². The van der Waals surface area contributed by atoms with Crippen molar-refractivity contribution in [1.82, 2.24) is 4.98 Å². The number of hydrogen-bond acceptors (Lipinski definition) is 3. The van der Waals surface area contributed by atoms with E-state index < -0.39 is 10.8 Å². The monoisotopic (exact) mass is 316 g/mol. The Labute approximate surface area is 130 Å². The SMILES string of the molecule is Nc1cccc(Cl)c1S(=O)Cc1ccnc2ccccc12. The third-order valence-electron chi connectivity index (χ3n) is 3.25. The summed E-state index contributed by atoms with van der Waals surface area (Å²) >= 11 is 6.12. The van der Waals surface area contributed by atoms with Crippen LogP contribution in [0.5, 0.6) is 0 Å². The van der Waals surface area contributed by atoms with Gasteiger partial charge < -0.3 is 5.73 Å². The second-order valence-corrected chi connectivity index (χ2v) is 6.43. The van der Waals surface area contributed by atoms with E-state index >= 15 is 0 Å². The maximum absolute atomic E-state index is 12.6. The van der Waals surface area contributed by atoms with Gasteiger partial charge in [0.15, 0.2) is 0 Å². The van der Waals surface area contributed by atoms with Crippen LogP contribution in [0.25, 0.3) is 10.9 Å². The van der Waals surface area contributed by atoms with Crippen LogP contribution in [0.4, 0.5) is 5.69 Å². The van der Waals surface area contributed by atoms with Gasteiger partial charge in [0.1, 0.15) is 0 Å². The highest BCUT2D eigenvalue weighted by atomic mass is 35.5. The van der Waals surface area contributed by atoms with Crippen LogP contribution >= 0.6 is 11.6 Å². The summed E-state index contributed by atoms with van der Waals surface area (Å²) in [4.78, 5) is 4.81. The Morgan fingerprint density at radius 1 is 1.10 bits per heavy atom. The Kier molecular flexibility index (Phi) is 3.90. The van der Waals surface area contributed by atoms with Gasteiger partial charge in [-0.1, -0.05) is 35.9 Å². The zero-order valence-corrected chi connectivity index (χ0v) is 12.7. The molecule has 0 aliphatic rings. The molecule has 106 valence electrons. The summed E-state index contributed by atoms with van der Waals surface area (Å²) in [5.74, 6) is 0.358. The lowest BCUT2D eigenvalue weighted by atomic mass is 10.1. The summed E-state index contributed by atoms with van der Waals surface area (Å²) in [7, 11) is -1.30. The van der Waals surface area contributed by atoms with Crippen molar-refractivity contribution >= 4 is 39.0 Å². The summed E-state index contributed by atoms with van der Waals surface area (Å²) in [5, 5.41) is 1.44. The van der Waals surface area contributed by atoms with E-state index in [9.17, 15) is 4.21 Å². The van der Waals surface area contributed by atoms with E-state index in [-0.39, 0.29) is 0 Å². The van der Waals surface area contributed by atoms with Crippen molar-refractivity contribution in [1.29, 1.82) is 0 Å². The second kappa shape index (κ2) is 5.84. The molecule has 21 heavy (non-hydrogen) atoms. The Morgan fingerprint density at radius 3 is 2.71 bits per heavy atom. The molecule has 0 fully saturated rings. The molecule has 1 heterocycles. The molecule has 0 amide bonds. The summed E-state index contributed by atoms with van der Waals surface area (Å²) in [6.07, 6.45) is 1.73. The Bertz CT molecular complexity index is 810. The van der Waals surface area contributed by atoms with Crippen LogP contribution in [0.3, 0.4) is 0 Å². The van der Waals surface area contributed by atoms with Gasteiger partial charge in [0.05, 0.1) is 32.0 Å². The highest BCUT2D eigenvalue weighted by Gasteiger charge is 2.14. The Balaban J connectivity index is 2.01. The number of pyridine rings is 1. The standard InChI is InChI=1S/C16H13ClN2OS/c17-13-5-3-6-14(18)16(13)21(20)10-11-8-9-19-15-7-2-1-4-12(11)15/h1-9H,10,18H2. The molecule has 0 saturated carbocycles. The maximum Gasteiger partial charge on any atom is 0.0806 e. The first-order chi connectivity index (χ1) is 10.2. The molecule has 1 atom stereocenters. The number of nitrogen functional groups attached to an aromatic ring is 1. The van der Waals surface area contributed by atoms with Gasteiger partial charge in [0.2, 0.25) is 0 Å². The van der Waals surface area contributed by atoms with E-state index in [1.165, 1.54) is 0 Å². The molecule has 0 bridgehead atoms. The van der Waals surface area contributed by atoms with Gasteiger partial charge in [-0.15, -0.1) is 0 Å². The van der Waals surface area contributed by atoms with Gasteiger partial charge in [-0.25, -0.2) is 0 Å². The lowest BCUT2D eigenvalue weighted by molar-refractivity contribution is 0.683. The molecule has 2 aromatic carbocycles. The van der Waals surface area contributed by atoms with Gasteiger partial charge in [-0.2, -0.15) is 0 Å². The predicted molar refractivity (Wildman–Crippen MR) is 87.7 cm³/mol. The Hall–Kier alpha value is -1.91. The molecular formula is C16H13ClN2OS. The van der Waals surface area contributed by atoms with Crippen LogP contribution in [-0.4, -0.2) is 9.19 Å². The largest absolute Gasteiger partial charge is 0.398 e. The lowest BCUT2D eigenvalue weighted by Gasteiger charge is -2.09. The van der Waals surface area contributed by atoms with Crippen LogP contribution in [0, 0.1) is 0 Å². The molecule has 2 N–H and O–H groups in total. The third kappa shape index (κ3) is 2.77. The van der Waals surface area contributed by atoms with Crippen LogP contribution in [0.1, 0.15) is 5.56 Å². The summed E-state index contributed by atoms with van der Waals surface area (Å²) in [6, 6.07) is 14.8. The topological polar surface area (TPSA) is 56.0 Å². The molecule has 0 saturated heterocycles. The first kappa shape index (κ1) is 14.0. The zero-order valence-electron chi connectivity index (χ0n) is 11.1. The number of rotatable bonds is 3. The Morgan fingerprint density at radius 2 is 1.90 bits per heavy atom. The predicted octanol–water partition coefficient (Wildman–Crippen LogP) is 3.78. The quantitative estimate of drug-likeness (QED) is 0.748. The molecule has 3 aromatic rings. The molecular weight excluding hydrogens is 304 g/mol. The number of hydrogen-bond donors (Lipinski definition) is 1. The fourth-order valence-corrected chi connectivity index (χ4v) is 4.00. The van der Waals surface area contributed by atoms with E-state index in [0.29, 0.717) is 21.4 Å². The smallest absolute Gasteiger partial charge is 0.0806 e. The summed E-state index contributed by atoms with van der Waals surface area (Å²) < 4.78 is 12.6. The van der Waals surface area contributed by atoms with Crippen molar-refractivity contribution in [2.75, 3.05) is 5.73 Å².